The molecule has 0 atom stereocenters. The Morgan fingerprint density at radius 2 is 1.57 bits per heavy atom. The van der Waals surface area contributed by atoms with Crippen LogP contribution in [0.1, 0.15) is 29.5 Å². The Hall–Kier alpha value is -2.87. The van der Waals surface area contributed by atoms with Gasteiger partial charge in [0, 0.05) is 18.1 Å². The molecule has 0 bridgehead atoms. The highest BCUT2D eigenvalue weighted by molar-refractivity contribution is 7.92. The number of para-hydroxylation sites is 1. The lowest BCUT2D eigenvalue weighted by Crippen LogP contribution is -2.41. The molecule has 1 saturated heterocycles. The van der Waals surface area contributed by atoms with Gasteiger partial charge in [0.05, 0.1) is 10.6 Å². The van der Waals surface area contributed by atoms with E-state index in [1.54, 1.807) is 12.1 Å². The molecule has 3 aromatic carbocycles. The molecule has 1 heterocycles. The van der Waals surface area contributed by atoms with Gasteiger partial charge in [-0.05, 0) is 79.9 Å². The van der Waals surface area contributed by atoms with E-state index in [1.807, 2.05) is 31.2 Å². The van der Waals surface area contributed by atoms with Crippen LogP contribution in [0.2, 0.25) is 5.02 Å². The van der Waals surface area contributed by atoms with Crippen LogP contribution in [-0.2, 0) is 27.9 Å². The number of sulfonamides is 1. The monoisotopic (exact) mass is 511 g/mol. The summed E-state index contributed by atoms with van der Waals surface area (Å²) in [5, 5.41) is 3.31. The number of nitrogens with zero attached hydrogens (tertiary/aromatic N) is 2. The molecule has 1 aliphatic heterocycles. The predicted molar refractivity (Wildman–Crippen MR) is 140 cm³/mol. The molecule has 8 heteroatoms. The van der Waals surface area contributed by atoms with Gasteiger partial charge in [-0.2, -0.15) is 0 Å². The maximum absolute atomic E-state index is 13.5. The lowest BCUT2D eigenvalue weighted by Gasteiger charge is -2.25. The molecule has 3 aromatic rings. The zero-order chi connectivity index (χ0) is 24.8. The Kier molecular flexibility index (Phi) is 8.11. The summed E-state index contributed by atoms with van der Waals surface area (Å²) < 4.78 is 28.1. The van der Waals surface area contributed by atoms with Gasteiger partial charge < -0.3 is 5.32 Å². The molecule has 6 nitrogen and oxygen atoms in total. The number of rotatable bonds is 9. The molecule has 0 unspecified atom stereocenters. The van der Waals surface area contributed by atoms with Crippen molar-refractivity contribution in [2.24, 2.45) is 0 Å². The predicted octanol–water partition coefficient (Wildman–Crippen LogP) is 4.76. The number of likely N-dealkylation sites (tertiary alicyclic amines) is 1. The van der Waals surface area contributed by atoms with Gasteiger partial charge in [0.1, 0.15) is 6.54 Å². The van der Waals surface area contributed by atoms with Gasteiger partial charge in [-0.1, -0.05) is 54.1 Å². The normalized spacial score (nSPS) is 14.1. The summed E-state index contributed by atoms with van der Waals surface area (Å²) in [5.41, 5.74) is 3.43. The summed E-state index contributed by atoms with van der Waals surface area (Å²) in [6, 6.07) is 21.3. The van der Waals surface area contributed by atoms with E-state index in [1.165, 1.54) is 42.7 Å². The van der Waals surface area contributed by atoms with Crippen molar-refractivity contribution in [3.8, 4) is 0 Å². The second-order valence-electron chi connectivity index (χ2n) is 8.83. The molecule has 1 fully saturated rings. The zero-order valence-corrected chi connectivity index (χ0v) is 21.4. The Bertz CT molecular complexity index is 1260. The van der Waals surface area contributed by atoms with Crippen molar-refractivity contribution in [3.63, 3.8) is 0 Å². The standard InChI is InChI=1S/C27H30ClN3O3S/c1-21-6-2-3-7-26(21)31(35(33,34)25-14-12-24(28)13-15-25)20-27(32)29-18-22-8-10-23(11-9-22)19-30-16-4-5-17-30/h2-3,6-15H,4-5,16-20H2,1H3,(H,29,32). The summed E-state index contributed by atoms with van der Waals surface area (Å²) >= 11 is 5.94. The van der Waals surface area contributed by atoms with Crippen LogP contribution in [0.25, 0.3) is 0 Å². The topological polar surface area (TPSA) is 69.7 Å². The number of aryl methyl sites for hydroxylation is 1. The third kappa shape index (κ3) is 6.42. The number of carbonyl (C=O) groups is 1. The van der Waals surface area contributed by atoms with Crippen molar-refractivity contribution < 1.29 is 13.2 Å². The van der Waals surface area contributed by atoms with Crippen LogP contribution in [0.5, 0.6) is 0 Å². The smallest absolute Gasteiger partial charge is 0.264 e. The van der Waals surface area contributed by atoms with E-state index in [-0.39, 0.29) is 17.3 Å². The number of halogens is 1. The number of amides is 1. The molecule has 1 aliphatic rings. The summed E-state index contributed by atoms with van der Waals surface area (Å²) in [6.45, 7) is 5.05. The van der Waals surface area contributed by atoms with Crippen molar-refractivity contribution in [1.82, 2.24) is 10.2 Å². The van der Waals surface area contributed by atoms with Gasteiger partial charge in [0.25, 0.3) is 10.0 Å². The summed E-state index contributed by atoms with van der Waals surface area (Å²) in [4.78, 5) is 15.4. The molecule has 35 heavy (non-hydrogen) atoms. The second-order valence-corrected chi connectivity index (χ2v) is 11.1. The average molecular weight is 512 g/mol. The Morgan fingerprint density at radius 1 is 0.943 bits per heavy atom. The Labute approximate surface area is 212 Å². The largest absolute Gasteiger partial charge is 0.350 e. The number of benzene rings is 3. The lowest BCUT2D eigenvalue weighted by molar-refractivity contribution is -0.119. The van der Waals surface area contributed by atoms with E-state index in [4.69, 9.17) is 11.6 Å². The molecule has 0 spiro atoms. The summed E-state index contributed by atoms with van der Waals surface area (Å²) in [7, 11) is -3.98. The first-order valence-corrected chi connectivity index (χ1v) is 13.6. The number of hydrogen-bond donors (Lipinski definition) is 1. The van der Waals surface area contributed by atoms with Crippen LogP contribution in [0.15, 0.2) is 77.7 Å². The number of anilines is 1. The van der Waals surface area contributed by atoms with Crippen LogP contribution in [0.3, 0.4) is 0 Å². The van der Waals surface area contributed by atoms with E-state index in [2.05, 4.69) is 22.3 Å². The maximum Gasteiger partial charge on any atom is 0.264 e. The molecule has 1 N–H and O–H groups in total. The molecule has 184 valence electrons. The molecule has 0 aliphatic carbocycles. The van der Waals surface area contributed by atoms with Crippen LogP contribution in [-0.4, -0.2) is 38.9 Å². The summed E-state index contributed by atoms with van der Waals surface area (Å²) in [6.07, 6.45) is 2.52. The first-order chi connectivity index (χ1) is 16.8. The van der Waals surface area contributed by atoms with E-state index >= 15 is 0 Å². The van der Waals surface area contributed by atoms with Gasteiger partial charge in [-0.15, -0.1) is 0 Å². The number of hydrogen-bond acceptors (Lipinski definition) is 4. The van der Waals surface area contributed by atoms with E-state index < -0.39 is 10.0 Å². The highest BCUT2D eigenvalue weighted by Crippen LogP contribution is 2.27. The zero-order valence-electron chi connectivity index (χ0n) is 19.8. The number of carbonyl (C=O) groups excluding carboxylic acids is 1. The molecule has 0 aromatic heterocycles. The van der Waals surface area contributed by atoms with Gasteiger partial charge in [0.2, 0.25) is 5.91 Å². The van der Waals surface area contributed by atoms with Gasteiger partial charge >= 0.3 is 0 Å². The van der Waals surface area contributed by atoms with Gasteiger partial charge in [0.15, 0.2) is 0 Å². The van der Waals surface area contributed by atoms with Crippen molar-refractivity contribution in [3.05, 3.63) is 94.5 Å². The van der Waals surface area contributed by atoms with Crippen molar-refractivity contribution in [2.75, 3.05) is 23.9 Å². The molecule has 4 rings (SSSR count). The Morgan fingerprint density at radius 3 is 2.23 bits per heavy atom. The molecular formula is C27H30ClN3O3S. The van der Waals surface area contributed by atoms with Crippen LogP contribution in [0.4, 0.5) is 5.69 Å². The van der Waals surface area contributed by atoms with Crippen LogP contribution >= 0.6 is 11.6 Å². The molecule has 0 radical (unpaired) electrons. The average Bonchev–Trinajstić information content (AvgIpc) is 3.36. The van der Waals surface area contributed by atoms with Gasteiger partial charge in [-0.25, -0.2) is 8.42 Å². The number of nitrogens with one attached hydrogen (secondary N) is 1. The third-order valence-corrected chi connectivity index (χ3v) is 8.22. The highest BCUT2D eigenvalue weighted by Gasteiger charge is 2.28. The maximum atomic E-state index is 13.5. The quantitative estimate of drug-likeness (QED) is 0.450. The Balaban J connectivity index is 1.45. The highest BCUT2D eigenvalue weighted by atomic mass is 35.5. The minimum atomic E-state index is -3.98. The molecular weight excluding hydrogens is 482 g/mol. The first kappa shape index (κ1) is 25.2. The first-order valence-electron chi connectivity index (χ1n) is 11.7. The fourth-order valence-corrected chi connectivity index (χ4v) is 5.84. The van der Waals surface area contributed by atoms with Crippen molar-refractivity contribution in [2.45, 2.75) is 37.8 Å². The minimum absolute atomic E-state index is 0.0755. The second kappa shape index (κ2) is 11.2. The van der Waals surface area contributed by atoms with Crippen molar-refractivity contribution in [1.29, 1.82) is 0 Å². The van der Waals surface area contributed by atoms with E-state index in [0.717, 1.165) is 35.1 Å². The van der Waals surface area contributed by atoms with Crippen LogP contribution in [0, 0.1) is 6.92 Å². The lowest BCUT2D eigenvalue weighted by atomic mass is 10.1. The van der Waals surface area contributed by atoms with E-state index in [9.17, 15) is 13.2 Å². The minimum Gasteiger partial charge on any atom is -0.350 e. The fraction of sp³-hybridized carbons (Fsp3) is 0.296. The third-order valence-electron chi connectivity index (χ3n) is 6.19. The van der Waals surface area contributed by atoms with Gasteiger partial charge in [-0.3, -0.25) is 14.0 Å². The summed E-state index contributed by atoms with van der Waals surface area (Å²) in [5.74, 6) is -0.382. The van der Waals surface area contributed by atoms with Crippen LogP contribution < -0.4 is 9.62 Å². The SMILES string of the molecule is Cc1ccccc1N(CC(=O)NCc1ccc(CN2CCCC2)cc1)S(=O)(=O)c1ccc(Cl)cc1. The molecule has 0 saturated carbocycles. The fourth-order valence-electron chi connectivity index (χ4n) is 4.23. The van der Waals surface area contributed by atoms with E-state index in [0.29, 0.717) is 17.3 Å². The van der Waals surface area contributed by atoms with Crippen molar-refractivity contribution >= 4 is 33.2 Å². The molecule has 1 amide bonds.